The molecule has 0 spiro atoms. The molecule has 0 aliphatic carbocycles. The van der Waals surface area contributed by atoms with Gasteiger partial charge in [0, 0.05) is 18.7 Å². The van der Waals surface area contributed by atoms with Gasteiger partial charge in [-0.25, -0.2) is 9.37 Å². The molecule has 22 heavy (non-hydrogen) atoms. The zero-order valence-electron chi connectivity index (χ0n) is 12.1. The molecule has 2 N–H and O–H groups in total. The predicted octanol–water partition coefficient (Wildman–Crippen LogP) is 2.11. The first-order valence-electron chi connectivity index (χ1n) is 7.37. The molecule has 1 aliphatic rings. The van der Waals surface area contributed by atoms with Crippen molar-refractivity contribution < 1.29 is 9.18 Å². The quantitative estimate of drug-likeness (QED) is 0.887. The van der Waals surface area contributed by atoms with Crippen molar-refractivity contribution in [1.82, 2.24) is 20.1 Å². The lowest BCUT2D eigenvalue weighted by atomic mass is 10.2. The van der Waals surface area contributed by atoms with Crippen LogP contribution in [0.2, 0.25) is 0 Å². The fraction of sp³-hybridized carbons (Fsp3) is 0.400. The van der Waals surface area contributed by atoms with Crippen LogP contribution in [0.25, 0.3) is 0 Å². The van der Waals surface area contributed by atoms with Crippen molar-refractivity contribution in [3.05, 3.63) is 42.2 Å². The van der Waals surface area contributed by atoms with Gasteiger partial charge >= 0.3 is 0 Å². The molecular formula is C15H18FN5O. The van der Waals surface area contributed by atoms with Gasteiger partial charge in [-0.2, -0.15) is 5.10 Å². The predicted molar refractivity (Wildman–Crippen MR) is 79.6 cm³/mol. The lowest BCUT2D eigenvalue weighted by Crippen LogP contribution is -2.28. The van der Waals surface area contributed by atoms with Gasteiger partial charge in [-0.05, 0) is 37.6 Å². The van der Waals surface area contributed by atoms with Crippen molar-refractivity contribution in [3.63, 3.8) is 0 Å². The van der Waals surface area contributed by atoms with Crippen LogP contribution in [0.15, 0.2) is 30.6 Å². The van der Waals surface area contributed by atoms with E-state index in [2.05, 4.69) is 25.4 Å². The first-order chi connectivity index (χ1) is 10.7. The summed E-state index contributed by atoms with van der Waals surface area (Å²) in [6, 6.07) is 6.11. The second-order valence-corrected chi connectivity index (χ2v) is 5.37. The maximum Gasteiger partial charge on any atom is 0.225 e. The van der Waals surface area contributed by atoms with Crippen LogP contribution in [0, 0.1) is 5.82 Å². The Morgan fingerprint density at radius 3 is 3.18 bits per heavy atom. The Hall–Kier alpha value is -2.28. The van der Waals surface area contributed by atoms with E-state index in [-0.39, 0.29) is 17.8 Å². The number of carbonyl (C=O) groups is 1. The van der Waals surface area contributed by atoms with Crippen LogP contribution >= 0.6 is 0 Å². The van der Waals surface area contributed by atoms with Crippen molar-refractivity contribution in [1.29, 1.82) is 0 Å². The van der Waals surface area contributed by atoms with Crippen molar-refractivity contribution in [3.8, 4) is 0 Å². The van der Waals surface area contributed by atoms with Gasteiger partial charge in [0.15, 0.2) is 0 Å². The summed E-state index contributed by atoms with van der Waals surface area (Å²) in [4.78, 5) is 18.4. The summed E-state index contributed by atoms with van der Waals surface area (Å²) in [5, 5.41) is 9.50. The molecule has 0 unspecified atom stereocenters. The maximum absolute atomic E-state index is 13.1. The number of aromatic nitrogens is 3. The number of rotatable bonds is 5. The van der Waals surface area contributed by atoms with Crippen molar-refractivity contribution >= 4 is 11.6 Å². The number of likely N-dealkylation sites (tertiary alicyclic amines) is 1. The third-order valence-corrected chi connectivity index (χ3v) is 3.85. The Balaban J connectivity index is 1.52. The van der Waals surface area contributed by atoms with Gasteiger partial charge in [-0.15, -0.1) is 0 Å². The molecule has 1 aromatic heterocycles. The molecule has 1 aromatic carbocycles. The van der Waals surface area contributed by atoms with Gasteiger partial charge in [-0.3, -0.25) is 14.8 Å². The SMILES string of the molecule is O=C(CCN1CCC[C@H]1c1ncn[nH]1)Nc1cccc(F)c1. The van der Waals surface area contributed by atoms with E-state index in [0.717, 1.165) is 25.2 Å². The monoisotopic (exact) mass is 303 g/mol. The number of halogens is 1. The Kier molecular flexibility index (Phi) is 4.43. The van der Waals surface area contributed by atoms with E-state index in [1.807, 2.05) is 0 Å². The van der Waals surface area contributed by atoms with Crippen molar-refractivity contribution in [2.75, 3.05) is 18.4 Å². The van der Waals surface area contributed by atoms with Crippen LogP contribution in [-0.2, 0) is 4.79 Å². The number of hydrogen-bond acceptors (Lipinski definition) is 4. The van der Waals surface area contributed by atoms with Gasteiger partial charge in [0.1, 0.15) is 18.0 Å². The van der Waals surface area contributed by atoms with Gasteiger partial charge in [0.25, 0.3) is 0 Å². The minimum absolute atomic E-state index is 0.117. The number of nitrogens with one attached hydrogen (secondary N) is 2. The number of anilines is 1. The summed E-state index contributed by atoms with van der Waals surface area (Å²) in [5.74, 6) is 0.375. The number of carbonyl (C=O) groups excluding carboxylic acids is 1. The van der Waals surface area contributed by atoms with Crippen LogP contribution in [0.3, 0.4) is 0 Å². The summed E-state index contributed by atoms with van der Waals surface area (Å²) in [7, 11) is 0. The first kappa shape index (κ1) is 14.6. The largest absolute Gasteiger partial charge is 0.326 e. The average Bonchev–Trinajstić information content (AvgIpc) is 3.16. The Bertz CT molecular complexity index is 631. The van der Waals surface area contributed by atoms with Crippen LogP contribution in [0.5, 0.6) is 0 Å². The normalized spacial score (nSPS) is 18.5. The fourth-order valence-electron chi connectivity index (χ4n) is 2.81. The van der Waals surface area contributed by atoms with E-state index in [1.165, 1.54) is 18.5 Å². The number of hydrogen-bond donors (Lipinski definition) is 2. The lowest BCUT2D eigenvalue weighted by Gasteiger charge is -2.22. The zero-order chi connectivity index (χ0) is 15.4. The third kappa shape index (κ3) is 3.48. The number of aromatic amines is 1. The number of H-pyrrole nitrogens is 1. The standard InChI is InChI=1S/C15H18FN5O/c16-11-3-1-4-12(9-11)19-14(22)6-8-21-7-2-5-13(21)15-17-10-18-20-15/h1,3-4,9-10,13H,2,5-8H2,(H,19,22)(H,17,18,20)/t13-/m0/s1. The van der Waals surface area contributed by atoms with E-state index in [9.17, 15) is 9.18 Å². The number of benzene rings is 1. The fourth-order valence-corrected chi connectivity index (χ4v) is 2.81. The Morgan fingerprint density at radius 2 is 2.41 bits per heavy atom. The smallest absolute Gasteiger partial charge is 0.225 e. The maximum atomic E-state index is 13.1. The van der Waals surface area contributed by atoms with E-state index in [1.54, 1.807) is 12.1 Å². The average molecular weight is 303 g/mol. The molecule has 1 atom stereocenters. The summed E-state index contributed by atoms with van der Waals surface area (Å²) < 4.78 is 13.1. The molecule has 0 bridgehead atoms. The van der Waals surface area contributed by atoms with Crippen molar-refractivity contribution in [2.45, 2.75) is 25.3 Å². The zero-order valence-corrected chi connectivity index (χ0v) is 12.1. The van der Waals surface area contributed by atoms with Gasteiger partial charge in [0.2, 0.25) is 5.91 Å². The molecule has 1 fully saturated rings. The van der Waals surface area contributed by atoms with E-state index in [0.29, 0.717) is 18.7 Å². The number of nitrogens with zero attached hydrogens (tertiary/aromatic N) is 3. The first-order valence-corrected chi connectivity index (χ1v) is 7.37. The Morgan fingerprint density at radius 1 is 1.50 bits per heavy atom. The highest BCUT2D eigenvalue weighted by Gasteiger charge is 2.28. The molecule has 0 saturated carbocycles. The molecule has 1 amide bonds. The summed E-state index contributed by atoms with van der Waals surface area (Å²) in [6.07, 6.45) is 3.96. The molecule has 116 valence electrons. The second-order valence-electron chi connectivity index (χ2n) is 5.37. The highest BCUT2D eigenvalue weighted by Crippen LogP contribution is 2.29. The van der Waals surface area contributed by atoms with Crippen LogP contribution in [0.4, 0.5) is 10.1 Å². The Labute approximate surface area is 127 Å². The van der Waals surface area contributed by atoms with Crippen LogP contribution in [-0.4, -0.2) is 39.1 Å². The molecule has 3 rings (SSSR count). The number of amides is 1. The molecule has 0 radical (unpaired) electrons. The molecule has 7 heteroatoms. The van der Waals surface area contributed by atoms with Crippen molar-refractivity contribution in [2.24, 2.45) is 0 Å². The van der Waals surface area contributed by atoms with E-state index < -0.39 is 0 Å². The topological polar surface area (TPSA) is 73.9 Å². The lowest BCUT2D eigenvalue weighted by molar-refractivity contribution is -0.116. The molecule has 1 aliphatic heterocycles. The van der Waals surface area contributed by atoms with E-state index >= 15 is 0 Å². The van der Waals surface area contributed by atoms with Gasteiger partial charge in [-0.1, -0.05) is 6.07 Å². The summed E-state index contributed by atoms with van der Waals surface area (Å²) >= 11 is 0. The minimum Gasteiger partial charge on any atom is -0.326 e. The molecule has 2 heterocycles. The van der Waals surface area contributed by atoms with Crippen LogP contribution < -0.4 is 5.32 Å². The van der Waals surface area contributed by atoms with Gasteiger partial charge < -0.3 is 5.32 Å². The molecule has 2 aromatic rings. The highest BCUT2D eigenvalue weighted by molar-refractivity contribution is 5.90. The summed E-state index contributed by atoms with van der Waals surface area (Å²) in [6.45, 7) is 1.59. The minimum atomic E-state index is -0.359. The van der Waals surface area contributed by atoms with Gasteiger partial charge in [0.05, 0.1) is 6.04 Å². The molecule has 6 nitrogen and oxygen atoms in total. The second kappa shape index (κ2) is 6.65. The summed E-state index contributed by atoms with van der Waals surface area (Å²) in [5.41, 5.74) is 0.484. The third-order valence-electron chi connectivity index (χ3n) is 3.85. The molecule has 1 saturated heterocycles. The highest BCUT2D eigenvalue weighted by atomic mass is 19.1. The van der Waals surface area contributed by atoms with E-state index in [4.69, 9.17) is 0 Å². The van der Waals surface area contributed by atoms with Crippen LogP contribution in [0.1, 0.15) is 31.1 Å². The molecular weight excluding hydrogens is 285 g/mol.